The molecular weight excluding hydrogens is 358 g/mol. The van der Waals surface area contributed by atoms with Gasteiger partial charge in [-0.1, -0.05) is 29.8 Å². The van der Waals surface area contributed by atoms with Crippen molar-refractivity contribution in [3.05, 3.63) is 87.5 Å². The van der Waals surface area contributed by atoms with Crippen molar-refractivity contribution in [2.75, 3.05) is 0 Å². The van der Waals surface area contributed by atoms with E-state index >= 15 is 0 Å². The smallest absolute Gasteiger partial charge is 0.162 e. The van der Waals surface area contributed by atoms with Gasteiger partial charge in [0.1, 0.15) is 0 Å². The molecule has 1 aliphatic heterocycles. The Balaban J connectivity index is 1.77. The van der Waals surface area contributed by atoms with Crippen LogP contribution in [0.4, 0.5) is 0 Å². The van der Waals surface area contributed by atoms with E-state index in [1.54, 1.807) is 12.4 Å². The van der Waals surface area contributed by atoms with Gasteiger partial charge in [0.15, 0.2) is 5.78 Å². The molecule has 0 unspecified atom stereocenters. The van der Waals surface area contributed by atoms with Crippen LogP contribution in [0.25, 0.3) is 0 Å². The summed E-state index contributed by atoms with van der Waals surface area (Å²) in [5, 5.41) is 13.7. The lowest BCUT2D eigenvalue weighted by atomic mass is 9.72. The van der Waals surface area contributed by atoms with Gasteiger partial charge < -0.3 is 5.32 Å². The summed E-state index contributed by atoms with van der Waals surface area (Å²) < 4.78 is 0. The Hall–Kier alpha value is -2.90. The Morgan fingerprint density at radius 3 is 2.63 bits per heavy atom. The first kappa shape index (κ1) is 17.5. The number of halogens is 1. The molecule has 4 nitrogen and oxygen atoms in total. The highest BCUT2D eigenvalue weighted by Crippen LogP contribution is 2.44. The first-order valence-corrected chi connectivity index (χ1v) is 9.25. The molecule has 0 radical (unpaired) electrons. The Morgan fingerprint density at radius 1 is 1.19 bits per heavy atom. The van der Waals surface area contributed by atoms with Crippen molar-refractivity contribution in [2.24, 2.45) is 0 Å². The van der Waals surface area contributed by atoms with Crippen LogP contribution >= 0.6 is 11.6 Å². The summed E-state index contributed by atoms with van der Waals surface area (Å²) in [6, 6.07) is 13.7. The number of aromatic nitrogens is 1. The molecule has 1 aromatic heterocycles. The first-order chi connectivity index (χ1) is 13.1. The van der Waals surface area contributed by atoms with Gasteiger partial charge in [0.25, 0.3) is 0 Å². The van der Waals surface area contributed by atoms with E-state index < -0.39 is 0 Å². The zero-order chi connectivity index (χ0) is 19.0. The van der Waals surface area contributed by atoms with E-state index in [1.807, 2.05) is 43.3 Å². The lowest BCUT2D eigenvalue weighted by Gasteiger charge is -2.35. The minimum Gasteiger partial charge on any atom is -0.361 e. The van der Waals surface area contributed by atoms with Crippen molar-refractivity contribution < 1.29 is 4.79 Å². The molecule has 1 N–H and O–H groups in total. The van der Waals surface area contributed by atoms with E-state index in [0.29, 0.717) is 22.6 Å². The zero-order valence-corrected chi connectivity index (χ0v) is 15.6. The second-order valence-electron chi connectivity index (χ2n) is 6.97. The van der Waals surface area contributed by atoms with Crippen molar-refractivity contribution in [1.82, 2.24) is 10.3 Å². The molecule has 2 heterocycles. The third-order valence-electron chi connectivity index (χ3n) is 5.31. The van der Waals surface area contributed by atoms with E-state index in [4.69, 9.17) is 11.6 Å². The summed E-state index contributed by atoms with van der Waals surface area (Å²) >= 11 is 6.00. The fourth-order valence-electron chi connectivity index (χ4n) is 4.04. The summed E-state index contributed by atoms with van der Waals surface area (Å²) in [6.07, 6.45) is 4.59. The highest BCUT2D eigenvalue weighted by molar-refractivity contribution is 6.30. The molecule has 2 atom stereocenters. The second kappa shape index (κ2) is 7.02. The molecule has 27 heavy (non-hydrogen) atoms. The Labute approximate surface area is 163 Å². The molecule has 0 fully saturated rings. The molecule has 0 saturated heterocycles. The van der Waals surface area contributed by atoms with Crippen LogP contribution in [0.3, 0.4) is 0 Å². The number of Topliss-reactive ketones (excluding diaryl/α,β-unsaturated/α-hetero) is 1. The average molecular weight is 376 g/mol. The molecule has 1 aliphatic carbocycles. The fourth-order valence-corrected chi connectivity index (χ4v) is 4.16. The number of dihydropyridines is 1. The molecule has 0 amide bonds. The van der Waals surface area contributed by atoms with Gasteiger partial charge >= 0.3 is 0 Å². The molecule has 5 heteroatoms. The number of benzene rings is 1. The van der Waals surface area contributed by atoms with E-state index in [9.17, 15) is 10.1 Å². The minimum absolute atomic E-state index is 0.0813. The normalized spacial score (nSPS) is 22.2. The van der Waals surface area contributed by atoms with Crippen LogP contribution in [0.5, 0.6) is 0 Å². The van der Waals surface area contributed by atoms with Crippen LogP contribution in [0, 0.1) is 11.3 Å². The van der Waals surface area contributed by atoms with Crippen LogP contribution in [0.15, 0.2) is 71.3 Å². The number of rotatable bonds is 2. The highest BCUT2D eigenvalue weighted by atomic mass is 35.5. The first-order valence-electron chi connectivity index (χ1n) is 8.88. The molecule has 1 aromatic carbocycles. The maximum atomic E-state index is 13.2. The number of hydrogen-bond acceptors (Lipinski definition) is 4. The SMILES string of the molecule is CC1=C(C#N)[C@H](c2cccnc2)C2=C(C[C@@H](c3ccc(Cl)cc3)CC2=O)N1. The molecule has 134 valence electrons. The van der Waals surface area contributed by atoms with Gasteiger partial charge in [-0.2, -0.15) is 5.26 Å². The molecule has 4 rings (SSSR count). The van der Waals surface area contributed by atoms with Gasteiger partial charge in [0.05, 0.1) is 17.6 Å². The molecule has 0 bridgehead atoms. The minimum atomic E-state index is -0.349. The Bertz CT molecular complexity index is 1000. The quantitative estimate of drug-likeness (QED) is 0.831. The van der Waals surface area contributed by atoms with Crippen LogP contribution in [0.1, 0.15) is 42.7 Å². The molecule has 2 aliphatic rings. The summed E-state index contributed by atoms with van der Waals surface area (Å²) in [5.41, 5.74) is 4.98. The largest absolute Gasteiger partial charge is 0.361 e. The number of nitriles is 1. The predicted molar refractivity (Wildman–Crippen MR) is 104 cm³/mol. The topological polar surface area (TPSA) is 65.8 Å². The van der Waals surface area contributed by atoms with Crippen LogP contribution in [-0.4, -0.2) is 10.8 Å². The number of pyridine rings is 1. The molecular formula is C22H18ClN3O. The van der Waals surface area contributed by atoms with Gasteiger partial charge in [-0.25, -0.2) is 0 Å². The fraction of sp³-hybridized carbons (Fsp3) is 0.227. The number of ketones is 1. The van der Waals surface area contributed by atoms with E-state index in [-0.39, 0.29) is 17.6 Å². The standard InChI is InChI=1S/C22H18ClN3O/c1-13-18(11-24)21(15-3-2-8-25-12-15)22-19(26-13)9-16(10-20(22)27)14-4-6-17(23)7-5-14/h2-8,12,16,21,26H,9-10H2,1H3/t16-,21+/m1/s1. The van der Waals surface area contributed by atoms with Crippen molar-refractivity contribution in [3.63, 3.8) is 0 Å². The van der Waals surface area contributed by atoms with Crippen LogP contribution in [0.2, 0.25) is 5.02 Å². The van der Waals surface area contributed by atoms with Gasteiger partial charge in [0, 0.05) is 40.8 Å². The number of allylic oxidation sites excluding steroid dienone is 4. The summed E-state index contributed by atoms with van der Waals surface area (Å²) in [6.45, 7) is 1.89. The maximum absolute atomic E-state index is 13.2. The van der Waals surface area contributed by atoms with Gasteiger partial charge in [-0.05, 0) is 48.6 Å². The van der Waals surface area contributed by atoms with Crippen LogP contribution in [-0.2, 0) is 4.79 Å². The lowest BCUT2D eigenvalue weighted by Crippen LogP contribution is -2.33. The van der Waals surface area contributed by atoms with E-state index in [1.165, 1.54) is 0 Å². The van der Waals surface area contributed by atoms with Gasteiger partial charge in [0.2, 0.25) is 0 Å². The summed E-state index contributed by atoms with van der Waals surface area (Å²) in [7, 11) is 0. The third-order valence-corrected chi connectivity index (χ3v) is 5.56. The number of carbonyl (C=O) groups is 1. The van der Waals surface area contributed by atoms with Crippen molar-refractivity contribution in [3.8, 4) is 6.07 Å². The van der Waals surface area contributed by atoms with E-state index in [0.717, 1.165) is 28.9 Å². The van der Waals surface area contributed by atoms with Crippen molar-refractivity contribution >= 4 is 17.4 Å². The highest BCUT2D eigenvalue weighted by Gasteiger charge is 2.38. The third kappa shape index (κ3) is 3.15. The summed E-state index contributed by atoms with van der Waals surface area (Å²) in [4.78, 5) is 17.3. The second-order valence-corrected chi connectivity index (χ2v) is 7.40. The monoisotopic (exact) mass is 375 g/mol. The van der Waals surface area contributed by atoms with Gasteiger partial charge in [-0.15, -0.1) is 0 Å². The Kier molecular flexibility index (Phi) is 4.55. The molecule has 0 saturated carbocycles. The van der Waals surface area contributed by atoms with Crippen molar-refractivity contribution in [1.29, 1.82) is 5.26 Å². The predicted octanol–water partition coefficient (Wildman–Crippen LogP) is 4.62. The molecule has 2 aromatic rings. The number of nitrogens with one attached hydrogen (secondary N) is 1. The number of hydrogen-bond donors (Lipinski definition) is 1. The summed E-state index contributed by atoms with van der Waals surface area (Å²) in [5.74, 6) is -0.163. The lowest BCUT2D eigenvalue weighted by molar-refractivity contribution is -0.116. The van der Waals surface area contributed by atoms with Crippen molar-refractivity contribution in [2.45, 2.75) is 31.6 Å². The number of nitrogens with zero attached hydrogens (tertiary/aromatic N) is 2. The van der Waals surface area contributed by atoms with Gasteiger partial charge in [-0.3, -0.25) is 9.78 Å². The molecule has 0 spiro atoms. The Morgan fingerprint density at radius 2 is 1.96 bits per heavy atom. The average Bonchev–Trinajstić information content (AvgIpc) is 2.68. The number of carbonyl (C=O) groups excluding carboxylic acids is 1. The van der Waals surface area contributed by atoms with Crippen LogP contribution < -0.4 is 5.32 Å². The van der Waals surface area contributed by atoms with E-state index in [2.05, 4.69) is 16.4 Å². The maximum Gasteiger partial charge on any atom is 0.162 e. The zero-order valence-electron chi connectivity index (χ0n) is 14.9.